The van der Waals surface area contributed by atoms with Crippen molar-refractivity contribution in [2.75, 3.05) is 0 Å². The van der Waals surface area contributed by atoms with E-state index in [1.54, 1.807) is 23.5 Å². The van der Waals surface area contributed by atoms with Crippen molar-refractivity contribution >= 4 is 27.1 Å². The maximum absolute atomic E-state index is 10.9. The van der Waals surface area contributed by atoms with Gasteiger partial charge in [0.2, 0.25) is 0 Å². The van der Waals surface area contributed by atoms with Gasteiger partial charge in [0.05, 0.1) is 4.92 Å². The van der Waals surface area contributed by atoms with Crippen molar-refractivity contribution < 1.29 is 4.92 Å². The standard InChI is InChI=1S/C20H13NO2S/c22-21(23)16-12-10-14(11-13-16)19-17-8-4-5-9-18(17)24-20(19)15-6-2-1-3-7-15/h1-13H. The number of nitro groups is 1. The maximum Gasteiger partial charge on any atom is 0.269 e. The third-order valence-electron chi connectivity index (χ3n) is 4.00. The van der Waals surface area contributed by atoms with Crippen LogP contribution in [0.3, 0.4) is 0 Å². The fraction of sp³-hybridized carbons (Fsp3) is 0. The molecule has 0 unspecified atom stereocenters. The first-order chi connectivity index (χ1) is 11.7. The Balaban J connectivity index is 1.97. The van der Waals surface area contributed by atoms with E-state index in [-0.39, 0.29) is 10.6 Å². The number of benzene rings is 3. The second-order valence-electron chi connectivity index (χ2n) is 5.47. The average molecular weight is 331 g/mol. The Bertz CT molecular complexity index is 1020. The van der Waals surface area contributed by atoms with Crippen molar-refractivity contribution in [1.29, 1.82) is 0 Å². The number of nitrogens with zero attached hydrogens (tertiary/aromatic N) is 1. The van der Waals surface area contributed by atoms with Crippen LogP contribution in [0.5, 0.6) is 0 Å². The minimum atomic E-state index is -0.367. The molecule has 0 aliphatic rings. The molecule has 1 aromatic heterocycles. The van der Waals surface area contributed by atoms with E-state index in [1.165, 1.54) is 15.0 Å². The SMILES string of the molecule is O=[N+]([O-])c1ccc(-c2c(-c3ccccc3)sc3ccccc23)cc1. The van der Waals surface area contributed by atoms with Gasteiger partial charge >= 0.3 is 0 Å². The van der Waals surface area contributed by atoms with E-state index in [4.69, 9.17) is 0 Å². The first kappa shape index (κ1) is 14.6. The number of fused-ring (bicyclic) bond motifs is 1. The molecule has 116 valence electrons. The van der Waals surface area contributed by atoms with Gasteiger partial charge in [-0.2, -0.15) is 0 Å². The van der Waals surface area contributed by atoms with E-state index >= 15 is 0 Å². The third kappa shape index (κ3) is 2.47. The van der Waals surface area contributed by atoms with Gasteiger partial charge in [0.25, 0.3) is 5.69 Å². The molecule has 4 heteroatoms. The summed E-state index contributed by atoms with van der Waals surface area (Å²) in [5.74, 6) is 0. The summed E-state index contributed by atoms with van der Waals surface area (Å²) in [6, 6.07) is 25.3. The Morgan fingerprint density at radius 2 is 1.42 bits per heavy atom. The molecule has 0 amide bonds. The number of hydrogen-bond donors (Lipinski definition) is 0. The molecule has 3 aromatic carbocycles. The van der Waals surface area contributed by atoms with Crippen molar-refractivity contribution in [3.8, 4) is 21.6 Å². The zero-order valence-electron chi connectivity index (χ0n) is 12.7. The van der Waals surface area contributed by atoms with Gasteiger partial charge in [0.1, 0.15) is 0 Å². The van der Waals surface area contributed by atoms with Crippen molar-refractivity contribution in [1.82, 2.24) is 0 Å². The highest BCUT2D eigenvalue weighted by molar-refractivity contribution is 7.23. The van der Waals surface area contributed by atoms with Crippen LogP contribution in [-0.2, 0) is 0 Å². The number of non-ortho nitro benzene ring substituents is 1. The van der Waals surface area contributed by atoms with Crippen molar-refractivity contribution in [3.05, 3.63) is 89.0 Å². The predicted octanol–water partition coefficient (Wildman–Crippen LogP) is 6.14. The van der Waals surface area contributed by atoms with Gasteiger partial charge in [0, 0.05) is 32.7 Å². The molecule has 0 aliphatic heterocycles. The Morgan fingerprint density at radius 3 is 2.12 bits per heavy atom. The minimum absolute atomic E-state index is 0.111. The van der Waals surface area contributed by atoms with Gasteiger partial charge in [-0.05, 0) is 29.3 Å². The fourth-order valence-electron chi connectivity index (χ4n) is 2.87. The van der Waals surface area contributed by atoms with Crippen molar-refractivity contribution in [3.63, 3.8) is 0 Å². The average Bonchev–Trinajstić information content (AvgIpc) is 3.02. The maximum atomic E-state index is 10.9. The van der Waals surface area contributed by atoms with Crippen LogP contribution in [0.15, 0.2) is 78.9 Å². The number of hydrogen-bond acceptors (Lipinski definition) is 3. The van der Waals surface area contributed by atoms with Gasteiger partial charge in [-0.3, -0.25) is 10.1 Å². The molecule has 24 heavy (non-hydrogen) atoms. The molecule has 4 rings (SSSR count). The summed E-state index contributed by atoms with van der Waals surface area (Å²) in [6.45, 7) is 0. The van der Waals surface area contributed by atoms with E-state index in [1.807, 2.05) is 42.5 Å². The molecule has 0 fully saturated rings. The number of nitro benzene ring substituents is 1. The van der Waals surface area contributed by atoms with Crippen LogP contribution in [-0.4, -0.2) is 4.92 Å². The molecule has 0 aliphatic carbocycles. The van der Waals surface area contributed by atoms with Gasteiger partial charge in [-0.25, -0.2) is 0 Å². The Labute approximate surface area is 143 Å². The van der Waals surface area contributed by atoms with E-state index in [2.05, 4.69) is 24.3 Å². The molecule has 0 saturated carbocycles. The summed E-state index contributed by atoms with van der Waals surface area (Å²) < 4.78 is 1.21. The van der Waals surface area contributed by atoms with E-state index in [0.717, 1.165) is 16.7 Å². The molecule has 0 saturated heterocycles. The molecule has 4 aromatic rings. The Kier molecular flexibility index (Phi) is 3.59. The lowest BCUT2D eigenvalue weighted by Gasteiger charge is -2.05. The van der Waals surface area contributed by atoms with Gasteiger partial charge in [-0.15, -0.1) is 11.3 Å². The summed E-state index contributed by atoms with van der Waals surface area (Å²) in [5.41, 5.74) is 3.40. The topological polar surface area (TPSA) is 43.1 Å². The highest BCUT2D eigenvalue weighted by Gasteiger charge is 2.16. The highest BCUT2D eigenvalue weighted by atomic mass is 32.1. The van der Waals surface area contributed by atoms with Crippen molar-refractivity contribution in [2.24, 2.45) is 0 Å². The lowest BCUT2D eigenvalue weighted by atomic mass is 9.99. The van der Waals surface area contributed by atoms with Gasteiger partial charge in [-0.1, -0.05) is 48.5 Å². The predicted molar refractivity (Wildman–Crippen MR) is 99.4 cm³/mol. The first-order valence-corrected chi connectivity index (χ1v) is 8.37. The lowest BCUT2D eigenvalue weighted by molar-refractivity contribution is -0.384. The van der Waals surface area contributed by atoms with Crippen LogP contribution in [0.4, 0.5) is 5.69 Å². The molecule has 0 N–H and O–H groups in total. The summed E-state index contributed by atoms with van der Waals surface area (Å²) in [5, 5.41) is 12.1. The molecule has 0 bridgehead atoms. The van der Waals surface area contributed by atoms with Crippen LogP contribution in [0.1, 0.15) is 0 Å². The fourth-order valence-corrected chi connectivity index (χ4v) is 4.11. The van der Waals surface area contributed by atoms with Crippen LogP contribution < -0.4 is 0 Å². The first-order valence-electron chi connectivity index (χ1n) is 7.56. The summed E-state index contributed by atoms with van der Waals surface area (Å²) >= 11 is 1.75. The molecule has 0 atom stereocenters. The normalized spacial score (nSPS) is 10.8. The number of rotatable bonds is 3. The largest absolute Gasteiger partial charge is 0.269 e. The molecular formula is C20H13NO2S. The summed E-state index contributed by atoms with van der Waals surface area (Å²) in [6.07, 6.45) is 0. The van der Waals surface area contributed by atoms with Crippen LogP contribution in [0.2, 0.25) is 0 Å². The second kappa shape index (κ2) is 5.91. The van der Waals surface area contributed by atoms with E-state index in [0.29, 0.717) is 0 Å². The lowest BCUT2D eigenvalue weighted by Crippen LogP contribution is -1.87. The minimum Gasteiger partial charge on any atom is -0.258 e. The molecule has 3 nitrogen and oxygen atoms in total. The smallest absolute Gasteiger partial charge is 0.258 e. The van der Waals surface area contributed by atoms with Crippen LogP contribution in [0, 0.1) is 10.1 Å². The second-order valence-corrected chi connectivity index (χ2v) is 6.52. The Morgan fingerprint density at radius 1 is 0.750 bits per heavy atom. The van der Waals surface area contributed by atoms with Gasteiger partial charge < -0.3 is 0 Å². The van der Waals surface area contributed by atoms with Crippen molar-refractivity contribution in [2.45, 2.75) is 0 Å². The quantitative estimate of drug-likeness (QED) is 0.334. The zero-order chi connectivity index (χ0) is 16.5. The zero-order valence-corrected chi connectivity index (χ0v) is 13.5. The molecule has 0 spiro atoms. The molecular weight excluding hydrogens is 318 g/mol. The monoisotopic (exact) mass is 331 g/mol. The third-order valence-corrected chi connectivity index (χ3v) is 5.22. The van der Waals surface area contributed by atoms with Crippen LogP contribution >= 0.6 is 11.3 Å². The summed E-state index contributed by atoms with van der Waals surface area (Å²) in [7, 11) is 0. The van der Waals surface area contributed by atoms with Crippen LogP contribution in [0.25, 0.3) is 31.7 Å². The highest BCUT2D eigenvalue weighted by Crippen LogP contribution is 2.44. The Hall–Kier alpha value is -2.98. The van der Waals surface area contributed by atoms with E-state index in [9.17, 15) is 10.1 Å². The van der Waals surface area contributed by atoms with E-state index < -0.39 is 0 Å². The molecule has 0 radical (unpaired) electrons. The molecule has 1 heterocycles. The van der Waals surface area contributed by atoms with Gasteiger partial charge in [0.15, 0.2) is 0 Å². The summed E-state index contributed by atoms with van der Waals surface area (Å²) in [4.78, 5) is 11.7. The number of thiophene rings is 1.